The van der Waals surface area contributed by atoms with Crippen molar-refractivity contribution in [2.45, 2.75) is 6.92 Å². The number of oxime groups is 1. The monoisotopic (exact) mass is 285 g/mol. The minimum absolute atomic E-state index is 0.139. The molecule has 0 atom stereocenters. The molecule has 0 bridgehead atoms. The Kier molecular flexibility index (Phi) is 4.49. The van der Waals surface area contributed by atoms with Crippen LogP contribution in [0.4, 0.5) is 0 Å². The smallest absolute Gasteiger partial charge is 0.360 e. The quantitative estimate of drug-likeness (QED) is 0.486. The highest BCUT2D eigenvalue weighted by Gasteiger charge is 2.18. The summed E-state index contributed by atoms with van der Waals surface area (Å²) >= 11 is 3.40. The third-order valence-electron chi connectivity index (χ3n) is 2.01. The number of benzene rings is 1. The first-order valence-corrected chi connectivity index (χ1v) is 5.36. The zero-order chi connectivity index (χ0) is 12.1. The van der Waals surface area contributed by atoms with Gasteiger partial charge < -0.3 is 9.57 Å². The van der Waals surface area contributed by atoms with E-state index in [4.69, 9.17) is 0 Å². The minimum atomic E-state index is -0.534. The average molecular weight is 286 g/mol. The Hall–Kier alpha value is -1.36. The van der Waals surface area contributed by atoms with Crippen molar-refractivity contribution in [3.8, 4) is 0 Å². The van der Waals surface area contributed by atoms with Crippen LogP contribution in [0, 0.1) is 6.92 Å². The molecule has 0 fully saturated rings. The van der Waals surface area contributed by atoms with Gasteiger partial charge in [-0.25, -0.2) is 4.79 Å². The van der Waals surface area contributed by atoms with Gasteiger partial charge in [-0.2, -0.15) is 0 Å². The van der Waals surface area contributed by atoms with Crippen LogP contribution < -0.4 is 0 Å². The molecule has 5 heteroatoms. The minimum Gasteiger partial charge on any atom is -0.464 e. The average Bonchev–Trinajstić information content (AvgIpc) is 2.29. The number of hydrogen-bond donors (Lipinski definition) is 0. The Morgan fingerprint density at radius 2 is 2.06 bits per heavy atom. The first kappa shape index (κ1) is 12.7. The van der Waals surface area contributed by atoms with Crippen LogP contribution >= 0.6 is 15.9 Å². The van der Waals surface area contributed by atoms with E-state index in [1.165, 1.54) is 14.2 Å². The maximum absolute atomic E-state index is 11.5. The number of hydrogen-bond acceptors (Lipinski definition) is 4. The van der Waals surface area contributed by atoms with Gasteiger partial charge in [0.2, 0.25) is 0 Å². The Morgan fingerprint density at radius 3 is 2.62 bits per heavy atom. The van der Waals surface area contributed by atoms with E-state index in [-0.39, 0.29) is 5.71 Å². The Labute approximate surface area is 102 Å². The van der Waals surface area contributed by atoms with Gasteiger partial charge in [-0.1, -0.05) is 23.4 Å². The van der Waals surface area contributed by atoms with E-state index in [1.807, 2.05) is 19.1 Å². The van der Waals surface area contributed by atoms with Gasteiger partial charge in [-0.05, 0) is 28.4 Å². The maximum Gasteiger partial charge on any atom is 0.360 e. The molecule has 1 aromatic rings. The molecule has 0 saturated carbocycles. The molecule has 0 heterocycles. The number of carbonyl (C=O) groups is 1. The molecule has 0 aromatic heterocycles. The van der Waals surface area contributed by atoms with Gasteiger partial charge in [-0.3, -0.25) is 0 Å². The number of carbonyl (C=O) groups excluding carboxylic acids is 1. The van der Waals surface area contributed by atoms with Crippen LogP contribution in [-0.4, -0.2) is 25.9 Å². The lowest BCUT2D eigenvalue weighted by Gasteiger charge is -2.07. The second-order valence-electron chi connectivity index (χ2n) is 3.05. The first-order valence-electron chi connectivity index (χ1n) is 4.56. The van der Waals surface area contributed by atoms with Crippen LogP contribution in [0.15, 0.2) is 27.8 Å². The molecule has 4 nitrogen and oxygen atoms in total. The number of halogens is 1. The molecule has 16 heavy (non-hydrogen) atoms. The molecule has 0 N–H and O–H groups in total. The molecule has 1 aromatic carbocycles. The van der Waals surface area contributed by atoms with E-state index in [9.17, 15) is 4.79 Å². The topological polar surface area (TPSA) is 47.9 Å². The van der Waals surface area contributed by atoms with Gasteiger partial charge in [0.15, 0.2) is 5.71 Å². The van der Waals surface area contributed by atoms with Crippen molar-refractivity contribution in [2.24, 2.45) is 5.16 Å². The van der Waals surface area contributed by atoms with E-state index in [0.717, 1.165) is 10.0 Å². The van der Waals surface area contributed by atoms with Gasteiger partial charge in [0.25, 0.3) is 0 Å². The van der Waals surface area contributed by atoms with Crippen molar-refractivity contribution in [2.75, 3.05) is 14.2 Å². The second kappa shape index (κ2) is 5.65. The normalized spacial score (nSPS) is 11.1. The molecule has 0 radical (unpaired) electrons. The molecule has 0 aliphatic rings. The van der Waals surface area contributed by atoms with Crippen LogP contribution in [0.2, 0.25) is 0 Å². The predicted octanol–water partition coefficient (Wildman–Crippen LogP) is 2.28. The lowest BCUT2D eigenvalue weighted by Crippen LogP contribution is -2.18. The predicted molar refractivity (Wildman–Crippen MR) is 64.4 cm³/mol. The highest BCUT2D eigenvalue weighted by molar-refractivity contribution is 9.10. The fraction of sp³-hybridized carbons (Fsp3) is 0.273. The number of methoxy groups -OCH3 is 1. The third-order valence-corrected chi connectivity index (χ3v) is 3.06. The summed E-state index contributed by atoms with van der Waals surface area (Å²) in [5, 5.41) is 3.68. The summed E-state index contributed by atoms with van der Waals surface area (Å²) < 4.78 is 5.45. The number of aryl methyl sites for hydroxylation is 1. The van der Waals surface area contributed by atoms with Gasteiger partial charge in [0.1, 0.15) is 7.11 Å². The molecule has 0 aliphatic heterocycles. The van der Waals surface area contributed by atoms with Gasteiger partial charge in [0.05, 0.1) is 7.11 Å². The van der Waals surface area contributed by atoms with Crippen molar-refractivity contribution in [3.63, 3.8) is 0 Å². The van der Waals surface area contributed by atoms with E-state index < -0.39 is 5.97 Å². The number of esters is 1. The van der Waals surface area contributed by atoms with Crippen LogP contribution in [0.25, 0.3) is 0 Å². The Bertz CT molecular complexity index is 429. The van der Waals surface area contributed by atoms with E-state index >= 15 is 0 Å². The highest BCUT2D eigenvalue weighted by atomic mass is 79.9. The summed E-state index contributed by atoms with van der Waals surface area (Å²) in [5.74, 6) is -0.534. The van der Waals surface area contributed by atoms with Crippen molar-refractivity contribution in [1.29, 1.82) is 0 Å². The van der Waals surface area contributed by atoms with Crippen LogP contribution in [-0.2, 0) is 14.4 Å². The summed E-state index contributed by atoms with van der Waals surface area (Å²) in [6, 6.07) is 5.53. The molecule has 0 aliphatic carbocycles. The zero-order valence-electron chi connectivity index (χ0n) is 9.28. The van der Waals surface area contributed by atoms with Crippen LogP contribution in [0.3, 0.4) is 0 Å². The number of rotatable bonds is 3. The van der Waals surface area contributed by atoms with Gasteiger partial charge in [0, 0.05) is 10.0 Å². The molecule has 0 amide bonds. The lowest BCUT2D eigenvalue weighted by molar-refractivity contribution is -0.132. The van der Waals surface area contributed by atoms with Crippen LogP contribution in [0.1, 0.15) is 11.1 Å². The molecule has 86 valence electrons. The van der Waals surface area contributed by atoms with Crippen molar-refractivity contribution in [3.05, 3.63) is 33.8 Å². The Morgan fingerprint density at radius 1 is 1.38 bits per heavy atom. The Balaban J connectivity index is 3.27. The first-order chi connectivity index (χ1) is 7.61. The summed E-state index contributed by atoms with van der Waals surface area (Å²) in [6.07, 6.45) is 0. The molecule has 0 unspecified atom stereocenters. The SMILES string of the molecule is CON=C(C(=O)OC)c1cccc(C)c1Br. The molecular formula is C11H12BrNO3. The van der Waals surface area contributed by atoms with E-state index in [2.05, 4.69) is 30.7 Å². The van der Waals surface area contributed by atoms with Gasteiger partial charge in [-0.15, -0.1) is 0 Å². The largest absolute Gasteiger partial charge is 0.464 e. The molecular weight excluding hydrogens is 274 g/mol. The lowest BCUT2D eigenvalue weighted by atomic mass is 10.1. The fourth-order valence-electron chi connectivity index (χ4n) is 1.21. The molecule has 0 spiro atoms. The maximum atomic E-state index is 11.5. The van der Waals surface area contributed by atoms with Crippen molar-refractivity contribution < 1.29 is 14.4 Å². The van der Waals surface area contributed by atoms with E-state index in [0.29, 0.717) is 5.56 Å². The van der Waals surface area contributed by atoms with Crippen molar-refractivity contribution >= 4 is 27.6 Å². The zero-order valence-corrected chi connectivity index (χ0v) is 10.9. The van der Waals surface area contributed by atoms with E-state index in [1.54, 1.807) is 6.07 Å². The summed E-state index contributed by atoms with van der Waals surface area (Å²) in [6.45, 7) is 1.93. The van der Waals surface area contributed by atoms with Crippen molar-refractivity contribution in [1.82, 2.24) is 0 Å². The molecule has 0 saturated heterocycles. The number of ether oxygens (including phenoxy) is 1. The molecule has 1 rings (SSSR count). The van der Waals surface area contributed by atoms with Gasteiger partial charge >= 0.3 is 5.97 Å². The second-order valence-corrected chi connectivity index (χ2v) is 3.84. The number of nitrogens with zero attached hydrogens (tertiary/aromatic N) is 1. The third kappa shape index (κ3) is 2.61. The van der Waals surface area contributed by atoms with Crippen LogP contribution in [0.5, 0.6) is 0 Å². The highest BCUT2D eigenvalue weighted by Crippen LogP contribution is 2.22. The fourth-order valence-corrected chi connectivity index (χ4v) is 1.67. The summed E-state index contributed by atoms with van der Waals surface area (Å²) in [7, 11) is 2.68. The summed E-state index contributed by atoms with van der Waals surface area (Å²) in [4.78, 5) is 16.2. The summed E-state index contributed by atoms with van der Waals surface area (Å²) in [5.41, 5.74) is 1.79. The standard InChI is InChI=1S/C11H12BrNO3/c1-7-5-4-6-8(9(7)12)10(13-16-3)11(14)15-2/h4-6H,1-3H3.